The fourth-order valence-electron chi connectivity index (χ4n) is 3.12. The zero-order valence-corrected chi connectivity index (χ0v) is 13.2. The summed E-state index contributed by atoms with van der Waals surface area (Å²) >= 11 is 0. The lowest BCUT2D eigenvalue weighted by Gasteiger charge is -2.34. The fraction of sp³-hybridized carbons (Fsp3) is 0.706. The van der Waals surface area contributed by atoms with Crippen LogP contribution < -0.4 is 0 Å². The van der Waals surface area contributed by atoms with Crippen LogP contribution in [0.15, 0.2) is 18.4 Å². The van der Waals surface area contributed by atoms with Crippen molar-refractivity contribution in [3.05, 3.63) is 18.4 Å². The van der Waals surface area contributed by atoms with E-state index in [1.807, 2.05) is 0 Å². The summed E-state index contributed by atoms with van der Waals surface area (Å²) in [4.78, 5) is 24.7. The van der Waals surface area contributed by atoms with Crippen LogP contribution in [0.25, 0.3) is 0 Å². The average molecular weight is 294 g/mol. The van der Waals surface area contributed by atoms with Crippen molar-refractivity contribution >= 4 is 11.9 Å². The van der Waals surface area contributed by atoms with E-state index in [1.165, 1.54) is 0 Å². The van der Waals surface area contributed by atoms with Gasteiger partial charge in [0.25, 0.3) is 0 Å². The van der Waals surface area contributed by atoms with Crippen LogP contribution in [0.2, 0.25) is 0 Å². The summed E-state index contributed by atoms with van der Waals surface area (Å²) in [5, 5.41) is 0. The van der Waals surface area contributed by atoms with Gasteiger partial charge in [-0.15, -0.1) is 5.73 Å². The van der Waals surface area contributed by atoms with E-state index in [0.717, 1.165) is 38.5 Å². The van der Waals surface area contributed by atoms with Crippen molar-refractivity contribution in [3.8, 4) is 0 Å². The van der Waals surface area contributed by atoms with Crippen LogP contribution in [0.4, 0.5) is 0 Å². The van der Waals surface area contributed by atoms with Gasteiger partial charge in [-0.25, -0.2) is 0 Å². The lowest BCUT2D eigenvalue weighted by molar-refractivity contribution is -0.167. The standard InChI is InChI=1S/C17H26O4/c1-4-11-17(12-9-7-8-10-13-17)14(15(18)20-5-2)16(19)21-6-3/h11,14H,1,5-10,12-13H2,2-3H3. The van der Waals surface area contributed by atoms with Gasteiger partial charge in [0.2, 0.25) is 0 Å². The molecule has 21 heavy (non-hydrogen) atoms. The van der Waals surface area contributed by atoms with Crippen molar-refractivity contribution in [2.75, 3.05) is 13.2 Å². The Hall–Kier alpha value is -1.54. The first-order chi connectivity index (χ1) is 10.1. The van der Waals surface area contributed by atoms with Crippen molar-refractivity contribution in [1.82, 2.24) is 0 Å². The summed E-state index contributed by atoms with van der Waals surface area (Å²) in [6.45, 7) is 7.62. The van der Waals surface area contributed by atoms with Crippen molar-refractivity contribution < 1.29 is 19.1 Å². The third-order valence-corrected chi connectivity index (χ3v) is 4.04. The maximum atomic E-state index is 12.4. The Morgan fingerprint density at radius 3 is 1.95 bits per heavy atom. The molecule has 0 bridgehead atoms. The van der Waals surface area contributed by atoms with Gasteiger partial charge in [-0.1, -0.05) is 32.3 Å². The first-order valence-electron chi connectivity index (χ1n) is 7.81. The molecular formula is C17H26O4. The molecule has 0 aromatic heterocycles. The minimum atomic E-state index is -0.912. The molecule has 1 saturated carbocycles. The quantitative estimate of drug-likeness (QED) is 0.326. The molecule has 0 spiro atoms. The molecule has 0 aliphatic heterocycles. The zero-order valence-electron chi connectivity index (χ0n) is 13.2. The molecule has 0 heterocycles. The van der Waals surface area contributed by atoms with Crippen LogP contribution in [0.3, 0.4) is 0 Å². The molecule has 1 fully saturated rings. The van der Waals surface area contributed by atoms with Gasteiger partial charge in [-0.2, -0.15) is 0 Å². The van der Waals surface area contributed by atoms with Gasteiger partial charge >= 0.3 is 11.9 Å². The Labute approximate surface area is 127 Å². The van der Waals surface area contributed by atoms with Crippen molar-refractivity contribution in [2.24, 2.45) is 11.3 Å². The molecule has 0 amide bonds. The normalized spacial score (nSPS) is 17.5. The Morgan fingerprint density at radius 1 is 1.10 bits per heavy atom. The zero-order chi connectivity index (χ0) is 15.7. The number of rotatable bonds is 6. The molecule has 118 valence electrons. The highest BCUT2D eigenvalue weighted by atomic mass is 16.6. The Balaban J connectivity index is 3.18. The SMILES string of the molecule is C=C=CC1(C(C(=O)OCC)C(=O)OCC)CCCCCC1. The molecule has 0 atom stereocenters. The van der Waals surface area contributed by atoms with Gasteiger partial charge in [-0.05, 0) is 32.8 Å². The van der Waals surface area contributed by atoms with E-state index >= 15 is 0 Å². The number of hydrogen-bond acceptors (Lipinski definition) is 4. The predicted octanol–water partition coefficient (Wildman–Crippen LogP) is 3.41. The van der Waals surface area contributed by atoms with Crippen LogP contribution in [-0.4, -0.2) is 25.2 Å². The van der Waals surface area contributed by atoms with E-state index in [0.29, 0.717) is 0 Å². The Morgan fingerprint density at radius 2 is 1.57 bits per heavy atom. The largest absolute Gasteiger partial charge is 0.465 e. The Kier molecular flexibility index (Phi) is 7.24. The minimum Gasteiger partial charge on any atom is -0.465 e. The highest BCUT2D eigenvalue weighted by Gasteiger charge is 2.47. The van der Waals surface area contributed by atoms with Gasteiger partial charge in [-0.3, -0.25) is 9.59 Å². The second-order valence-corrected chi connectivity index (χ2v) is 5.43. The summed E-state index contributed by atoms with van der Waals surface area (Å²) in [6.07, 6.45) is 7.50. The fourth-order valence-corrected chi connectivity index (χ4v) is 3.12. The monoisotopic (exact) mass is 294 g/mol. The smallest absolute Gasteiger partial charge is 0.321 e. The van der Waals surface area contributed by atoms with E-state index in [9.17, 15) is 9.59 Å². The number of esters is 2. The van der Waals surface area contributed by atoms with E-state index in [2.05, 4.69) is 12.3 Å². The lowest BCUT2D eigenvalue weighted by atomic mass is 9.69. The lowest BCUT2D eigenvalue weighted by Crippen LogP contribution is -2.42. The predicted molar refractivity (Wildman–Crippen MR) is 80.6 cm³/mol. The highest BCUT2D eigenvalue weighted by Crippen LogP contribution is 2.44. The van der Waals surface area contributed by atoms with E-state index in [1.54, 1.807) is 19.9 Å². The molecule has 4 heteroatoms. The van der Waals surface area contributed by atoms with E-state index < -0.39 is 23.3 Å². The number of hydrogen-bond donors (Lipinski definition) is 0. The van der Waals surface area contributed by atoms with Gasteiger partial charge in [0.05, 0.1) is 13.2 Å². The average Bonchev–Trinajstić information content (AvgIpc) is 2.66. The molecule has 0 aromatic rings. The summed E-state index contributed by atoms with van der Waals surface area (Å²) in [5.41, 5.74) is 2.22. The molecular weight excluding hydrogens is 268 g/mol. The van der Waals surface area contributed by atoms with Crippen LogP contribution in [-0.2, 0) is 19.1 Å². The molecule has 1 aliphatic carbocycles. The van der Waals surface area contributed by atoms with Gasteiger partial charge in [0.15, 0.2) is 5.92 Å². The first-order valence-corrected chi connectivity index (χ1v) is 7.81. The highest BCUT2D eigenvalue weighted by molar-refractivity contribution is 5.96. The van der Waals surface area contributed by atoms with Gasteiger partial charge in [0.1, 0.15) is 0 Å². The van der Waals surface area contributed by atoms with Crippen LogP contribution in [0.1, 0.15) is 52.4 Å². The third kappa shape index (κ3) is 4.47. The minimum absolute atomic E-state index is 0.253. The molecule has 0 aromatic carbocycles. The molecule has 4 nitrogen and oxygen atoms in total. The second kappa shape index (κ2) is 8.68. The van der Waals surface area contributed by atoms with Crippen LogP contribution in [0.5, 0.6) is 0 Å². The summed E-state index contributed by atoms with van der Waals surface area (Å²) < 4.78 is 10.3. The number of ether oxygens (including phenoxy) is 2. The molecule has 1 rings (SSSR count). The van der Waals surface area contributed by atoms with Gasteiger partial charge < -0.3 is 9.47 Å². The molecule has 1 aliphatic rings. The topological polar surface area (TPSA) is 52.6 Å². The summed E-state index contributed by atoms with van der Waals surface area (Å²) in [5.74, 6) is -1.90. The Bertz CT molecular complexity index is 381. The number of carbonyl (C=O) groups is 2. The first kappa shape index (κ1) is 17.5. The van der Waals surface area contributed by atoms with E-state index in [-0.39, 0.29) is 13.2 Å². The molecule has 0 radical (unpaired) electrons. The molecule has 0 saturated heterocycles. The summed E-state index contributed by atoms with van der Waals surface area (Å²) in [7, 11) is 0. The maximum Gasteiger partial charge on any atom is 0.321 e. The van der Waals surface area contributed by atoms with Crippen LogP contribution >= 0.6 is 0 Å². The van der Waals surface area contributed by atoms with Crippen molar-refractivity contribution in [2.45, 2.75) is 52.4 Å². The molecule has 0 unspecified atom stereocenters. The second-order valence-electron chi connectivity index (χ2n) is 5.43. The number of carbonyl (C=O) groups excluding carboxylic acids is 2. The van der Waals surface area contributed by atoms with Gasteiger partial charge in [0, 0.05) is 5.41 Å². The van der Waals surface area contributed by atoms with Crippen molar-refractivity contribution in [3.63, 3.8) is 0 Å². The van der Waals surface area contributed by atoms with E-state index in [4.69, 9.17) is 9.47 Å². The summed E-state index contributed by atoms with van der Waals surface area (Å²) in [6, 6.07) is 0. The van der Waals surface area contributed by atoms with Crippen molar-refractivity contribution in [1.29, 1.82) is 0 Å². The third-order valence-electron chi connectivity index (χ3n) is 4.04. The molecule has 0 N–H and O–H groups in total. The maximum absolute atomic E-state index is 12.4. The van der Waals surface area contributed by atoms with Crippen LogP contribution in [0, 0.1) is 11.3 Å². The number of allylic oxidation sites excluding steroid dienone is 1.